The van der Waals surface area contributed by atoms with Crippen LogP contribution in [0.25, 0.3) is 108 Å². The molecule has 0 fully saturated rings. The van der Waals surface area contributed by atoms with Crippen molar-refractivity contribution in [2.75, 3.05) is 0 Å². The smallest absolute Gasteiger partial charge is 0.318 e. The van der Waals surface area contributed by atoms with Crippen molar-refractivity contribution in [3.05, 3.63) is 214 Å². The number of hydrogen-bond acceptors (Lipinski definition) is 3. The van der Waals surface area contributed by atoms with Crippen LogP contribution >= 0.6 is 0 Å². The lowest BCUT2D eigenvalue weighted by Crippen LogP contribution is -2.08. The highest BCUT2D eigenvalue weighted by atomic mass is 19.4. The Bertz CT molecular complexity index is 4110. The molecule has 0 saturated heterocycles. The van der Waals surface area contributed by atoms with E-state index in [2.05, 4.69) is 31.5 Å². The van der Waals surface area contributed by atoms with Crippen LogP contribution in [0, 0.1) is 60.3 Å². The molecule has 0 atom stereocenters. The minimum Gasteiger partial charge on any atom is -0.318 e. The molecule has 0 aliphatic rings. The SMILES string of the molecule is [C-]#[N+]c1cc(C#N)c(-c2ccc3c(c2)c2ccccc2n3-c2ccc(C(F)(F)F)cc2-c2cccc([N+]#[C-])c2-n2c3ccccc3c3cc(-c4c(C#N)cc(C#N)cc4[N+]#[C-])ccc32)c([N+]#[C-])c1. The van der Waals surface area contributed by atoms with Crippen LogP contribution in [0.3, 0.4) is 0 Å². The molecule has 0 bridgehead atoms. The number of aromatic nitrogens is 2. The maximum atomic E-state index is 14.9. The molecule has 0 N–H and O–H groups in total. The molecule has 8 aromatic carbocycles. The third-order valence-corrected chi connectivity index (χ3v) is 12.1. The van der Waals surface area contributed by atoms with Crippen molar-refractivity contribution >= 4 is 66.4 Å². The second-order valence-electron chi connectivity index (χ2n) is 15.7. The van der Waals surface area contributed by atoms with Crippen LogP contribution in [0.2, 0.25) is 0 Å². The molecule has 0 amide bonds. The van der Waals surface area contributed by atoms with Gasteiger partial charge in [-0.25, -0.2) is 19.4 Å². The van der Waals surface area contributed by atoms with Gasteiger partial charge in [0, 0.05) is 49.4 Å². The summed E-state index contributed by atoms with van der Waals surface area (Å²) in [5.74, 6) is 0. The van der Waals surface area contributed by atoms with Crippen LogP contribution in [0.15, 0.2) is 146 Å². The van der Waals surface area contributed by atoms with Gasteiger partial charge in [0.15, 0.2) is 17.1 Å². The van der Waals surface area contributed by atoms with E-state index in [0.717, 1.165) is 22.9 Å². The summed E-state index contributed by atoms with van der Waals surface area (Å²) in [5.41, 5.74) is 5.62. The van der Waals surface area contributed by atoms with E-state index < -0.39 is 11.7 Å². The normalized spacial score (nSPS) is 11.1. The highest BCUT2D eigenvalue weighted by Gasteiger charge is 2.33. The largest absolute Gasteiger partial charge is 0.416 e. The molecule has 10 aromatic rings. The van der Waals surface area contributed by atoms with Gasteiger partial charge in [0.05, 0.1) is 89.1 Å². The van der Waals surface area contributed by atoms with Gasteiger partial charge < -0.3 is 9.13 Å². The predicted molar refractivity (Wildman–Crippen MR) is 256 cm³/mol. The minimum absolute atomic E-state index is 0.123. The lowest BCUT2D eigenvalue weighted by molar-refractivity contribution is -0.137. The van der Waals surface area contributed by atoms with Gasteiger partial charge in [0.25, 0.3) is 0 Å². The third kappa shape index (κ3) is 6.42. The summed E-state index contributed by atoms with van der Waals surface area (Å²) >= 11 is 0. The van der Waals surface area contributed by atoms with Crippen molar-refractivity contribution in [1.29, 1.82) is 15.8 Å². The maximum absolute atomic E-state index is 14.9. The zero-order valence-corrected chi connectivity index (χ0v) is 35.0. The first kappa shape index (κ1) is 41.6. The van der Waals surface area contributed by atoms with Crippen molar-refractivity contribution in [3.8, 4) is 63.0 Å². The van der Waals surface area contributed by atoms with E-state index in [0.29, 0.717) is 72.0 Å². The van der Waals surface area contributed by atoms with Gasteiger partial charge in [0.2, 0.25) is 5.69 Å². The molecule has 0 aliphatic carbocycles. The molecule has 0 saturated carbocycles. The zero-order valence-electron chi connectivity index (χ0n) is 35.0. The Morgan fingerprint density at radius 1 is 0.456 bits per heavy atom. The highest BCUT2D eigenvalue weighted by Crippen LogP contribution is 2.48. The highest BCUT2D eigenvalue weighted by molar-refractivity contribution is 6.14. The van der Waals surface area contributed by atoms with Crippen LogP contribution in [-0.2, 0) is 6.18 Å². The lowest BCUT2D eigenvalue weighted by atomic mass is 9.95. The number of rotatable bonds is 5. The Labute approximate surface area is 385 Å². The number of para-hydroxylation sites is 3. The fourth-order valence-electron chi connectivity index (χ4n) is 9.28. The number of halogens is 3. The molecule has 0 radical (unpaired) electrons. The second kappa shape index (κ2) is 16.0. The van der Waals surface area contributed by atoms with Crippen LogP contribution in [0.1, 0.15) is 22.3 Å². The molecule has 0 aliphatic heterocycles. The van der Waals surface area contributed by atoms with Crippen LogP contribution in [0.4, 0.5) is 35.9 Å². The second-order valence-corrected chi connectivity index (χ2v) is 15.7. The molecule has 68 heavy (non-hydrogen) atoms. The molecule has 12 heteroatoms. The van der Waals surface area contributed by atoms with E-state index in [1.54, 1.807) is 42.5 Å². The van der Waals surface area contributed by atoms with E-state index in [9.17, 15) is 29.0 Å². The summed E-state index contributed by atoms with van der Waals surface area (Å²) < 4.78 is 48.5. The van der Waals surface area contributed by atoms with Gasteiger partial charge in [-0.3, -0.25) is 0 Å². The summed E-state index contributed by atoms with van der Waals surface area (Å²) in [5, 5.41) is 32.7. The average molecular weight is 880 g/mol. The first-order valence-electron chi connectivity index (χ1n) is 20.5. The fraction of sp³-hybridized carbons (Fsp3) is 0.0179. The summed E-state index contributed by atoms with van der Waals surface area (Å²) in [4.78, 5) is 14.7. The minimum atomic E-state index is -4.75. The number of nitriles is 3. The maximum Gasteiger partial charge on any atom is 0.416 e. The lowest BCUT2D eigenvalue weighted by Gasteiger charge is -2.21. The Balaban J connectivity index is 1.27. The molecule has 2 heterocycles. The summed E-state index contributed by atoms with van der Waals surface area (Å²) in [6.07, 6.45) is -4.75. The van der Waals surface area contributed by atoms with E-state index in [-0.39, 0.29) is 45.0 Å². The van der Waals surface area contributed by atoms with Crippen molar-refractivity contribution in [2.45, 2.75) is 6.18 Å². The summed E-state index contributed by atoms with van der Waals surface area (Å²) in [7, 11) is 0. The van der Waals surface area contributed by atoms with Gasteiger partial charge in [-0.1, -0.05) is 72.8 Å². The number of alkyl halides is 3. The molecule has 2 aromatic heterocycles. The summed E-state index contributed by atoms with van der Waals surface area (Å²) in [6.45, 7) is 31.8. The fourth-order valence-corrected chi connectivity index (χ4v) is 9.28. The number of fused-ring (bicyclic) bond motifs is 6. The quantitative estimate of drug-likeness (QED) is 0.161. The van der Waals surface area contributed by atoms with E-state index in [1.165, 1.54) is 30.3 Å². The molecule has 9 nitrogen and oxygen atoms in total. The summed E-state index contributed by atoms with van der Waals surface area (Å²) in [6, 6.07) is 46.2. The van der Waals surface area contributed by atoms with Gasteiger partial charge in [-0.2, -0.15) is 29.0 Å². The van der Waals surface area contributed by atoms with Crippen molar-refractivity contribution in [3.63, 3.8) is 0 Å². The Morgan fingerprint density at radius 3 is 1.59 bits per heavy atom. The topological polar surface area (TPSA) is 98.7 Å². The average Bonchev–Trinajstić information content (AvgIpc) is 3.88. The number of hydrogen-bond donors (Lipinski definition) is 0. The number of nitrogens with zero attached hydrogens (tertiary/aromatic N) is 9. The first-order valence-corrected chi connectivity index (χ1v) is 20.5. The Hall–Kier alpha value is -10.4. The monoisotopic (exact) mass is 879 g/mol. The van der Waals surface area contributed by atoms with Crippen molar-refractivity contribution < 1.29 is 13.2 Å². The van der Waals surface area contributed by atoms with E-state index in [4.69, 9.17) is 26.3 Å². The van der Waals surface area contributed by atoms with Gasteiger partial charge in [-0.15, -0.1) is 0 Å². The standard InChI is InChI=1S/C56H24F3N9/c1-63-38-24-36(31-62)54(47(28-38)66-4)34-16-19-50-42(25-34)39-10-5-7-14-48(39)67(50)51-21-18-37(56(57,58)59)27-44(51)41-12-9-13-45(64-2)55(41)68-49-15-8-6-11-40(49)43-26-33(17-20-52(43)68)53-35(30-61)22-32(29-60)23-46(53)65-3/h5-28H. The van der Waals surface area contributed by atoms with Crippen LogP contribution < -0.4 is 0 Å². The van der Waals surface area contributed by atoms with E-state index >= 15 is 0 Å². The Morgan fingerprint density at radius 2 is 1.01 bits per heavy atom. The molecule has 0 spiro atoms. The molecule has 0 unspecified atom stereocenters. The zero-order chi connectivity index (χ0) is 47.4. The third-order valence-electron chi connectivity index (χ3n) is 12.1. The van der Waals surface area contributed by atoms with Crippen molar-refractivity contribution in [2.24, 2.45) is 0 Å². The van der Waals surface area contributed by atoms with E-state index in [1.807, 2.05) is 75.9 Å². The molecule has 314 valence electrons. The molecular formula is C56H24F3N9. The Kier molecular flexibility index (Phi) is 9.77. The predicted octanol–water partition coefficient (Wildman–Crippen LogP) is 15.7. The van der Waals surface area contributed by atoms with Gasteiger partial charge in [0.1, 0.15) is 0 Å². The first-order chi connectivity index (χ1) is 33.0. The van der Waals surface area contributed by atoms with Gasteiger partial charge >= 0.3 is 6.18 Å². The molecule has 10 rings (SSSR count). The van der Waals surface area contributed by atoms with Gasteiger partial charge in [-0.05, 0) is 89.5 Å². The van der Waals surface area contributed by atoms with Crippen LogP contribution in [-0.4, -0.2) is 9.13 Å². The molecular weight excluding hydrogens is 856 g/mol. The van der Waals surface area contributed by atoms with Crippen molar-refractivity contribution in [1.82, 2.24) is 9.13 Å². The number of benzene rings is 8. The van der Waals surface area contributed by atoms with Crippen LogP contribution in [0.5, 0.6) is 0 Å².